The third-order valence-corrected chi connectivity index (χ3v) is 8.14. The summed E-state index contributed by atoms with van der Waals surface area (Å²) in [6, 6.07) is 16.0. The Hall–Kier alpha value is -4.16. The van der Waals surface area contributed by atoms with E-state index in [0.717, 1.165) is 55.6 Å². The number of rotatable bonds is 9. The molecule has 4 heterocycles. The van der Waals surface area contributed by atoms with E-state index in [4.69, 9.17) is 14.5 Å². The SMILES string of the molecule is CCOc1ncccc1-c1ccc(N2CC[C@H](Oc3ccc(C)cc3C#N)C[C@@H]2CC)c(C(=O)N[C@@H]2CCN(C)C2)n1. The van der Waals surface area contributed by atoms with Crippen LogP contribution in [0.5, 0.6) is 11.6 Å². The van der Waals surface area contributed by atoms with Gasteiger partial charge >= 0.3 is 0 Å². The van der Waals surface area contributed by atoms with E-state index in [1.165, 1.54) is 0 Å². The first-order chi connectivity index (χ1) is 20.4. The Balaban J connectivity index is 1.44. The minimum Gasteiger partial charge on any atom is -0.489 e. The quantitative estimate of drug-likeness (QED) is 0.385. The van der Waals surface area contributed by atoms with Crippen molar-refractivity contribution in [2.75, 3.05) is 38.2 Å². The Bertz CT molecular complexity index is 1450. The van der Waals surface area contributed by atoms with Gasteiger partial charge < -0.3 is 24.6 Å². The molecule has 2 aliphatic rings. The number of nitrogens with zero attached hydrogens (tertiary/aromatic N) is 5. The number of pyridine rings is 2. The second-order valence-corrected chi connectivity index (χ2v) is 11.2. The first kappa shape index (κ1) is 29.3. The summed E-state index contributed by atoms with van der Waals surface area (Å²) in [7, 11) is 2.07. The van der Waals surface area contributed by atoms with Crippen molar-refractivity contribution in [1.82, 2.24) is 20.2 Å². The Morgan fingerprint density at radius 3 is 2.76 bits per heavy atom. The van der Waals surface area contributed by atoms with Crippen LogP contribution in [0.4, 0.5) is 5.69 Å². The average molecular weight is 569 g/mol. The molecule has 220 valence electrons. The molecule has 3 atom stereocenters. The Kier molecular flexibility index (Phi) is 9.23. The van der Waals surface area contributed by atoms with Crippen molar-refractivity contribution < 1.29 is 14.3 Å². The van der Waals surface area contributed by atoms with Crippen molar-refractivity contribution in [3.8, 4) is 29.0 Å². The third-order valence-electron chi connectivity index (χ3n) is 8.14. The molecule has 42 heavy (non-hydrogen) atoms. The standard InChI is InChI=1S/C33H40N6O3/c1-5-25-19-26(42-30-12-9-22(3)18-23(30)20-34)14-17-39(25)29-11-10-28(27-8-7-15-35-33(27)41-6-2)37-31(29)32(40)36-24-13-16-38(4)21-24/h7-12,15,18,24-26H,5-6,13-14,16-17,19,21H2,1-4H3,(H,36,40)/t24-,25+,26+/m1/s1. The molecule has 0 spiro atoms. The topological polar surface area (TPSA) is 104 Å². The Morgan fingerprint density at radius 1 is 1.17 bits per heavy atom. The molecular formula is C33H40N6O3. The number of anilines is 1. The fraction of sp³-hybridized carbons (Fsp3) is 0.455. The van der Waals surface area contributed by atoms with Gasteiger partial charge in [-0.05, 0) is 82.2 Å². The second-order valence-electron chi connectivity index (χ2n) is 11.2. The molecule has 1 aromatic carbocycles. The van der Waals surface area contributed by atoms with Gasteiger partial charge in [0.2, 0.25) is 5.88 Å². The van der Waals surface area contributed by atoms with Gasteiger partial charge in [-0.3, -0.25) is 4.79 Å². The van der Waals surface area contributed by atoms with Gasteiger partial charge in [0.15, 0.2) is 5.69 Å². The number of aryl methyl sites for hydroxylation is 1. The number of hydrogen-bond acceptors (Lipinski definition) is 8. The van der Waals surface area contributed by atoms with E-state index in [1.807, 2.05) is 56.3 Å². The van der Waals surface area contributed by atoms with Gasteiger partial charge in [-0.2, -0.15) is 5.26 Å². The predicted molar refractivity (Wildman–Crippen MR) is 163 cm³/mol. The highest BCUT2D eigenvalue weighted by molar-refractivity contribution is 5.99. The van der Waals surface area contributed by atoms with Crippen molar-refractivity contribution in [3.05, 3.63) is 65.5 Å². The van der Waals surface area contributed by atoms with E-state index in [1.54, 1.807) is 6.20 Å². The molecule has 1 N–H and O–H groups in total. The van der Waals surface area contributed by atoms with E-state index >= 15 is 0 Å². The smallest absolute Gasteiger partial charge is 0.272 e. The van der Waals surface area contributed by atoms with Crippen molar-refractivity contribution >= 4 is 11.6 Å². The van der Waals surface area contributed by atoms with Crippen molar-refractivity contribution in [2.24, 2.45) is 0 Å². The molecule has 0 saturated carbocycles. The molecule has 2 aliphatic heterocycles. The first-order valence-corrected chi connectivity index (χ1v) is 14.9. The van der Waals surface area contributed by atoms with Crippen LogP contribution in [0.2, 0.25) is 0 Å². The monoisotopic (exact) mass is 568 g/mol. The summed E-state index contributed by atoms with van der Waals surface area (Å²) in [5, 5.41) is 12.9. The van der Waals surface area contributed by atoms with E-state index in [0.29, 0.717) is 41.7 Å². The van der Waals surface area contributed by atoms with Crippen molar-refractivity contribution in [1.29, 1.82) is 5.26 Å². The molecule has 3 aromatic rings. The summed E-state index contributed by atoms with van der Waals surface area (Å²) in [5.41, 5.74) is 4.23. The largest absolute Gasteiger partial charge is 0.489 e. The summed E-state index contributed by atoms with van der Waals surface area (Å²) in [4.78, 5) is 27.7. The van der Waals surface area contributed by atoms with Crippen molar-refractivity contribution in [3.63, 3.8) is 0 Å². The molecule has 0 unspecified atom stereocenters. The number of likely N-dealkylation sites (N-methyl/N-ethyl adjacent to an activating group) is 1. The second kappa shape index (κ2) is 13.2. The molecule has 0 aliphatic carbocycles. The maximum absolute atomic E-state index is 13.8. The molecule has 2 saturated heterocycles. The molecule has 2 aromatic heterocycles. The van der Waals surface area contributed by atoms with Gasteiger partial charge in [0.1, 0.15) is 17.9 Å². The van der Waals surface area contributed by atoms with Gasteiger partial charge in [0.05, 0.1) is 29.1 Å². The zero-order valence-corrected chi connectivity index (χ0v) is 25.0. The lowest BCUT2D eigenvalue weighted by molar-refractivity contribution is 0.0933. The van der Waals surface area contributed by atoms with Crippen LogP contribution in [-0.2, 0) is 0 Å². The van der Waals surface area contributed by atoms with E-state index in [-0.39, 0.29) is 24.1 Å². The van der Waals surface area contributed by atoms with Gasteiger partial charge in [-0.15, -0.1) is 0 Å². The first-order valence-electron chi connectivity index (χ1n) is 14.9. The number of piperidine rings is 1. The van der Waals surface area contributed by atoms with Crippen LogP contribution in [0.25, 0.3) is 11.3 Å². The minimum atomic E-state index is -0.166. The number of carbonyl (C=O) groups is 1. The molecule has 9 nitrogen and oxygen atoms in total. The van der Waals surface area contributed by atoms with Crippen LogP contribution in [0.1, 0.15) is 61.1 Å². The Morgan fingerprint density at radius 2 is 2.02 bits per heavy atom. The highest BCUT2D eigenvalue weighted by Gasteiger charge is 2.33. The number of nitriles is 1. The van der Waals surface area contributed by atoms with E-state index in [9.17, 15) is 10.1 Å². The number of amides is 1. The fourth-order valence-electron chi connectivity index (χ4n) is 5.98. The van der Waals surface area contributed by atoms with Crippen LogP contribution < -0.4 is 19.7 Å². The number of hydrogen-bond donors (Lipinski definition) is 1. The number of ether oxygens (including phenoxy) is 2. The number of carbonyl (C=O) groups excluding carboxylic acids is 1. The number of nitrogens with one attached hydrogen (secondary N) is 1. The van der Waals surface area contributed by atoms with Crippen LogP contribution in [0, 0.1) is 18.3 Å². The van der Waals surface area contributed by atoms with Gasteiger partial charge in [0.25, 0.3) is 5.91 Å². The molecule has 9 heteroatoms. The van der Waals surface area contributed by atoms with E-state index in [2.05, 4.69) is 40.1 Å². The van der Waals surface area contributed by atoms with Gasteiger partial charge in [0, 0.05) is 44.2 Å². The lowest BCUT2D eigenvalue weighted by Crippen LogP contribution is -2.47. The predicted octanol–water partition coefficient (Wildman–Crippen LogP) is 4.98. The normalized spacial score (nSPS) is 20.6. The summed E-state index contributed by atoms with van der Waals surface area (Å²) >= 11 is 0. The zero-order chi connectivity index (χ0) is 29.6. The highest BCUT2D eigenvalue weighted by atomic mass is 16.5. The zero-order valence-electron chi connectivity index (χ0n) is 25.0. The van der Waals surface area contributed by atoms with E-state index < -0.39 is 0 Å². The summed E-state index contributed by atoms with van der Waals surface area (Å²) in [6.07, 6.45) is 5.01. The summed E-state index contributed by atoms with van der Waals surface area (Å²) in [6.45, 7) is 9.03. The maximum atomic E-state index is 13.8. The average Bonchev–Trinajstić information content (AvgIpc) is 3.42. The summed E-state index contributed by atoms with van der Waals surface area (Å²) < 4.78 is 12.1. The molecular weight excluding hydrogens is 528 g/mol. The molecule has 0 radical (unpaired) electrons. The maximum Gasteiger partial charge on any atom is 0.272 e. The lowest BCUT2D eigenvalue weighted by atomic mass is 9.95. The van der Waals surface area contributed by atoms with Crippen LogP contribution in [-0.4, -0.2) is 72.3 Å². The fourth-order valence-corrected chi connectivity index (χ4v) is 5.98. The number of benzene rings is 1. The molecule has 2 fully saturated rings. The van der Waals surface area contributed by atoms with Gasteiger partial charge in [-0.25, -0.2) is 9.97 Å². The lowest BCUT2D eigenvalue weighted by Gasteiger charge is -2.41. The summed E-state index contributed by atoms with van der Waals surface area (Å²) in [5.74, 6) is 0.965. The number of aromatic nitrogens is 2. The molecule has 0 bridgehead atoms. The van der Waals surface area contributed by atoms with Crippen LogP contribution in [0.15, 0.2) is 48.7 Å². The minimum absolute atomic E-state index is 0.0244. The molecule has 5 rings (SSSR count). The highest BCUT2D eigenvalue weighted by Crippen LogP contribution is 2.34. The Labute approximate surface area is 248 Å². The van der Waals surface area contributed by atoms with Crippen LogP contribution >= 0.6 is 0 Å². The van der Waals surface area contributed by atoms with Crippen LogP contribution in [0.3, 0.4) is 0 Å². The van der Waals surface area contributed by atoms with Gasteiger partial charge in [-0.1, -0.05) is 13.0 Å². The molecule has 1 amide bonds. The third kappa shape index (κ3) is 6.50. The van der Waals surface area contributed by atoms with Crippen molar-refractivity contribution in [2.45, 2.75) is 64.6 Å². The number of likely N-dealkylation sites (tertiary alicyclic amines) is 1.